The standard InChI is InChI=1S/C18H20ClFN4O2S2/c1-10-13(9-23(3)4)11(2)24-17(21-10)16(18(22-24)27-5)28(25,26)12-6-7-15(20)14(19)8-12/h6-8H,9H2,1-5H3. The molecule has 0 spiro atoms. The van der Waals surface area contributed by atoms with Gasteiger partial charge in [0, 0.05) is 23.5 Å². The van der Waals surface area contributed by atoms with Crippen molar-refractivity contribution >= 4 is 38.8 Å². The van der Waals surface area contributed by atoms with Crippen LogP contribution < -0.4 is 0 Å². The summed E-state index contributed by atoms with van der Waals surface area (Å²) in [6, 6.07) is 3.35. The number of thioether (sulfide) groups is 1. The zero-order chi connectivity index (χ0) is 20.8. The third-order valence-corrected chi connectivity index (χ3v) is 7.27. The van der Waals surface area contributed by atoms with Gasteiger partial charge in [0.2, 0.25) is 9.84 Å². The topological polar surface area (TPSA) is 67.6 Å². The fourth-order valence-electron chi connectivity index (χ4n) is 3.00. The Morgan fingerprint density at radius 1 is 1.29 bits per heavy atom. The summed E-state index contributed by atoms with van der Waals surface area (Å²) in [5, 5.41) is 4.56. The number of fused-ring (bicyclic) bond motifs is 1. The van der Waals surface area contributed by atoms with E-state index in [1.807, 2.05) is 32.8 Å². The Labute approximate surface area is 172 Å². The Hall–Kier alpha value is -1.68. The molecule has 0 fully saturated rings. The quantitative estimate of drug-likeness (QED) is 0.442. The smallest absolute Gasteiger partial charge is 0.213 e. The summed E-state index contributed by atoms with van der Waals surface area (Å²) >= 11 is 7.02. The average molecular weight is 443 g/mol. The van der Waals surface area contributed by atoms with Crippen LogP contribution in [0.25, 0.3) is 5.65 Å². The second kappa shape index (κ2) is 7.62. The fourth-order valence-corrected chi connectivity index (χ4v) is 5.66. The van der Waals surface area contributed by atoms with E-state index in [0.717, 1.165) is 29.1 Å². The average Bonchev–Trinajstić information content (AvgIpc) is 3.00. The van der Waals surface area contributed by atoms with Crippen LogP contribution in [0.1, 0.15) is 17.0 Å². The molecule has 3 rings (SSSR count). The number of hydrogen-bond donors (Lipinski definition) is 0. The molecule has 0 bridgehead atoms. The first-order chi connectivity index (χ1) is 13.1. The number of rotatable bonds is 5. The van der Waals surface area contributed by atoms with Crippen molar-refractivity contribution < 1.29 is 12.8 Å². The van der Waals surface area contributed by atoms with Crippen LogP contribution in [0.15, 0.2) is 33.0 Å². The van der Waals surface area contributed by atoms with Crippen molar-refractivity contribution in [3.05, 3.63) is 46.0 Å². The number of sulfone groups is 1. The molecule has 10 heteroatoms. The van der Waals surface area contributed by atoms with Crippen molar-refractivity contribution in [1.82, 2.24) is 19.5 Å². The first-order valence-electron chi connectivity index (χ1n) is 8.35. The molecular weight excluding hydrogens is 423 g/mol. The summed E-state index contributed by atoms with van der Waals surface area (Å²) in [4.78, 5) is 6.48. The molecule has 1 aromatic carbocycles. The summed E-state index contributed by atoms with van der Waals surface area (Å²) in [7, 11) is -0.0978. The number of nitrogens with zero attached hydrogens (tertiary/aromatic N) is 4. The summed E-state index contributed by atoms with van der Waals surface area (Å²) in [6.07, 6.45) is 1.75. The minimum Gasteiger partial charge on any atom is -0.305 e. The van der Waals surface area contributed by atoms with Gasteiger partial charge in [0.1, 0.15) is 10.8 Å². The molecule has 0 unspecified atom stereocenters. The molecule has 0 saturated carbocycles. The fraction of sp³-hybridized carbons (Fsp3) is 0.333. The third-order valence-electron chi connectivity index (χ3n) is 4.39. The van der Waals surface area contributed by atoms with Crippen molar-refractivity contribution in [2.45, 2.75) is 35.2 Å². The van der Waals surface area contributed by atoms with Crippen LogP contribution in [0.4, 0.5) is 4.39 Å². The van der Waals surface area contributed by atoms with Crippen LogP contribution in [0, 0.1) is 19.7 Å². The highest BCUT2D eigenvalue weighted by Crippen LogP contribution is 2.34. The molecule has 0 aliphatic heterocycles. The summed E-state index contributed by atoms with van der Waals surface area (Å²) in [6.45, 7) is 4.40. The molecule has 2 aromatic heterocycles. The van der Waals surface area contributed by atoms with Gasteiger partial charge in [-0.05, 0) is 52.4 Å². The van der Waals surface area contributed by atoms with Gasteiger partial charge in [-0.1, -0.05) is 11.6 Å². The second-order valence-electron chi connectivity index (χ2n) is 6.65. The molecule has 6 nitrogen and oxygen atoms in total. The van der Waals surface area contributed by atoms with Crippen molar-refractivity contribution in [2.75, 3.05) is 20.4 Å². The number of hydrogen-bond acceptors (Lipinski definition) is 6. The number of aryl methyl sites for hydroxylation is 2. The Morgan fingerprint density at radius 3 is 2.54 bits per heavy atom. The Morgan fingerprint density at radius 2 is 1.96 bits per heavy atom. The molecule has 2 heterocycles. The van der Waals surface area contributed by atoms with Gasteiger partial charge >= 0.3 is 0 Å². The van der Waals surface area contributed by atoms with Crippen LogP contribution in [0.3, 0.4) is 0 Å². The zero-order valence-electron chi connectivity index (χ0n) is 16.1. The summed E-state index contributed by atoms with van der Waals surface area (Å²) in [5.74, 6) is -0.677. The number of benzene rings is 1. The Balaban J connectivity index is 2.32. The first kappa shape index (κ1) is 21.0. The lowest BCUT2D eigenvalue weighted by atomic mass is 10.1. The van der Waals surface area contributed by atoms with E-state index in [-0.39, 0.29) is 20.5 Å². The van der Waals surface area contributed by atoms with Crippen molar-refractivity contribution in [2.24, 2.45) is 0 Å². The van der Waals surface area contributed by atoms with E-state index < -0.39 is 15.7 Å². The van der Waals surface area contributed by atoms with E-state index >= 15 is 0 Å². The SMILES string of the molecule is CSc1nn2c(C)c(CN(C)C)c(C)nc2c1S(=O)(=O)c1ccc(F)c(Cl)c1. The van der Waals surface area contributed by atoms with Gasteiger partial charge in [-0.2, -0.15) is 5.10 Å². The molecule has 0 aliphatic carbocycles. The van der Waals surface area contributed by atoms with E-state index in [1.54, 1.807) is 10.8 Å². The van der Waals surface area contributed by atoms with Crippen LogP contribution in [0.2, 0.25) is 5.02 Å². The molecule has 0 atom stereocenters. The normalized spacial score (nSPS) is 12.3. The summed E-state index contributed by atoms with van der Waals surface area (Å²) < 4.78 is 41.8. The van der Waals surface area contributed by atoms with Gasteiger partial charge in [-0.15, -0.1) is 11.8 Å². The molecule has 0 aliphatic rings. The predicted octanol–water partition coefficient (Wildman–Crippen LogP) is 3.75. The lowest BCUT2D eigenvalue weighted by molar-refractivity contribution is 0.398. The van der Waals surface area contributed by atoms with Crippen LogP contribution in [-0.2, 0) is 16.4 Å². The van der Waals surface area contributed by atoms with E-state index in [1.165, 1.54) is 17.8 Å². The summed E-state index contributed by atoms with van der Waals surface area (Å²) in [5.41, 5.74) is 2.80. The molecule has 28 heavy (non-hydrogen) atoms. The van der Waals surface area contributed by atoms with E-state index in [2.05, 4.69) is 10.1 Å². The predicted molar refractivity (Wildman–Crippen MR) is 108 cm³/mol. The minimum absolute atomic E-state index is 0.00489. The van der Waals surface area contributed by atoms with Crippen LogP contribution in [-0.4, -0.2) is 48.3 Å². The lowest BCUT2D eigenvalue weighted by Crippen LogP contribution is -2.16. The highest BCUT2D eigenvalue weighted by Gasteiger charge is 2.30. The minimum atomic E-state index is -4.00. The highest BCUT2D eigenvalue weighted by atomic mass is 35.5. The van der Waals surface area contributed by atoms with Crippen LogP contribution in [0.5, 0.6) is 0 Å². The van der Waals surface area contributed by atoms with Crippen molar-refractivity contribution in [3.63, 3.8) is 0 Å². The molecule has 150 valence electrons. The van der Waals surface area contributed by atoms with Gasteiger partial charge in [0.25, 0.3) is 0 Å². The maximum atomic E-state index is 13.5. The zero-order valence-corrected chi connectivity index (χ0v) is 18.5. The first-order valence-corrected chi connectivity index (χ1v) is 11.4. The van der Waals surface area contributed by atoms with E-state index in [4.69, 9.17) is 11.6 Å². The van der Waals surface area contributed by atoms with E-state index in [9.17, 15) is 12.8 Å². The van der Waals surface area contributed by atoms with Gasteiger partial charge in [-0.3, -0.25) is 0 Å². The Kier molecular flexibility index (Phi) is 5.73. The highest BCUT2D eigenvalue weighted by molar-refractivity contribution is 7.99. The molecule has 0 saturated heterocycles. The maximum absolute atomic E-state index is 13.5. The lowest BCUT2D eigenvalue weighted by Gasteiger charge is -2.15. The monoisotopic (exact) mass is 442 g/mol. The molecule has 0 amide bonds. The van der Waals surface area contributed by atoms with Crippen molar-refractivity contribution in [1.29, 1.82) is 0 Å². The van der Waals surface area contributed by atoms with Gasteiger partial charge < -0.3 is 4.90 Å². The Bertz CT molecular complexity index is 1180. The van der Waals surface area contributed by atoms with Crippen LogP contribution >= 0.6 is 23.4 Å². The van der Waals surface area contributed by atoms with Crippen molar-refractivity contribution in [3.8, 4) is 0 Å². The second-order valence-corrected chi connectivity index (χ2v) is 9.74. The number of aromatic nitrogens is 3. The van der Waals surface area contributed by atoms with Gasteiger partial charge in [-0.25, -0.2) is 22.3 Å². The maximum Gasteiger partial charge on any atom is 0.213 e. The third kappa shape index (κ3) is 3.52. The van der Waals surface area contributed by atoms with Gasteiger partial charge in [0.05, 0.1) is 9.92 Å². The molecular formula is C18H20ClFN4O2S2. The molecule has 3 aromatic rings. The van der Waals surface area contributed by atoms with Gasteiger partial charge in [0.15, 0.2) is 10.5 Å². The molecule has 0 N–H and O–H groups in total. The molecule has 0 radical (unpaired) electrons. The number of halogens is 2. The largest absolute Gasteiger partial charge is 0.305 e. The van der Waals surface area contributed by atoms with E-state index in [0.29, 0.717) is 11.6 Å².